The van der Waals surface area contributed by atoms with Crippen LogP contribution in [0.2, 0.25) is 0 Å². The van der Waals surface area contributed by atoms with E-state index in [4.69, 9.17) is 0 Å². The number of hydrogen-bond acceptors (Lipinski definition) is 4. The summed E-state index contributed by atoms with van der Waals surface area (Å²) in [6.07, 6.45) is 2.33. The van der Waals surface area contributed by atoms with E-state index < -0.39 is 10.0 Å². The van der Waals surface area contributed by atoms with Crippen molar-refractivity contribution in [1.29, 1.82) is 0 Å². The molecule has 0 bridgehead atoms. The second-order valence-corrected chi connectivity index (χ2v) is 7.13. The second kappa shape index (κ2) is 5.45. The minimum absolute atomic E-state index is 0.150. The molecule has 1 aliphatic heterocycles. The molecule has 1 saturated heterocycles. The van der Waals surface area contributed by atoms with Crippen molar-refractivity contribution in [3.63, 3.8) is 0 Å². The summed E-state index contributed by atoms with van der Waals surface area (Å²) in [5.41, 5.74) is 0.913. The van der Waals surface area contributed by atoms with Gasteiger partial charge in [0.2, 0.25) is 10.0 Å². The van der Waals surface area contributed by atoms with Gasteiger partial charge in [-0.05, 0) is 24.6 Å². The normalized spacial score (nSPS) is 16.7. The van der Waals surface area contributed by atoms with E-state index in [-0.39, 0.29) is 11.7 Å². The van der Waals surface area contributed by atoms with Gasteiger partial charge in [0.05, 0.1) is 11.4 Å². The molecule has 116 valence electrons. The average molecular weight is 320 g/mol. The van der Waals surface area contributed by atoms with Gasteiger partial charge in [0, 0.05) is 31.4 Å². The number of sulfonamides is 1. The van der Waals surface area contributed by atoms with E-state index in [2.05, 4.69) is 10.4 Å². The smallest absolute Gasteiger partial charge is 0.256 e. The largest absolute Gasteiger partial charge is 0.305 e. The predicted octanol–water partition coefficient (Wildman–Crippen LogP) is 1.21. The van der Waals surface area contributed by atoms with Gasteiger partial charge in [-0.25, -0.2) is 8.42 Å². The molecule has 1 N–H and O–H groups in total. The highest BCUT2D eigenvalue weighted by atomic mass is 32.2. The number of aromatic nitrogens is 2. The van der Waals surface area contributed by atoms with Crippen LogP contribution in [0, 0.1) is 0 Å². The maximum Gasteiger partial charge on any atom is 0.256 e. The Morgan fingerprint density at radius 3 is 2.77 bits per heavy atom. The van der Waals surface area contributed by atoms with Gasteiger partial charge in [0.25, 0.3) is 5.91 Å². The molecule has 0 unspecified atom stereocenters. The highest BCUT2D eigenvalue weighted by Gasteiger charge is 2.28. The van der Waals surface area contributed by atoms with Crippen molar-refractivity contribution in [2.24, 2.45) is 7.05 Å². The Hall–Kier alpha value is -2.35. The fourth-order valence-electron chi connectivity index (χ4n) is 2.40. The van der Waals surface area contributed by atoms with Crippen LogP contribution in [0.5, 0.6) is 0 Å². The number of carbonyl (C=O) groups is 1. The van der Waals surface area contributed by atoms with Gasteiger partial charge in [0.15, 0.2) is 5.82 Å². The lowest BCUT2D eigenvalue weighted by atomic mass is 10.2. The van der Waals surface area contributed by atoms with Crippen LogP contribution in [0.25, 0.3) is 0 Å². The molecular formula is C14H16N4O3S. The van der Waals surface area contributed by atoms with Gasteiger partial charge in [-0.1, -0.05) is 6.07 Å². The van der Waals surface area contributed by atoms with Crippen molar-refractivity contribution >= 4 is 27.4 Å². The van der Waals surface area contributed by atoms with E-state index in [0.717, 1.165) is 0 Å². The minimum Gasteiger partial charge on any atom is -0.305 e. The first-order valence-electron chi connectivity index (χ1n) is 6.87. The molecule has 0 radical (unpaired) electrons. The molecule has 7 nitrogen and oxygen atoms in total. The molecule has 8 heteroatoms. The number of hydrogen-bond donors (Lipinski definition) is 1. The van der Waals surface area contributed by atoms with E-state index in [1.165, 1.54) is 4.31 Å². The molecule has 1 amide bonds. The average Bonchev–Trinajstić information content (AvgIpc) is 3.04. The number of nitrogens with one attached hydrogen (secondary N) is 1. The fourth-order valence-corrected chi connectivity index (χ4v) is 3.96. The third-order valence-corrected chi connectivity index (χ3v) is 5.32. The zero-order valence-corrected chi connectivity index (χ0v) is 12.9. The Morgan fingerprint density at radius 1 is 1.32 bits per heavy atom. The lowest BCUT2D eigenvalue weighted by Gasteiger charge is -2.17. The fraction of sp³-hybridized carbons (Fsp3) is 0.286. The van der Waals surface area contributed by atoms with Crippen molar-refractivity contribution < 1.29 is 13.2 Å². The first-order valence-corrected chi connectivity index (χ1v) is 8.48. The number of benzene rings is 1. The molecule has 0 saturated carbocycles. The van der Waals surface area contributed by atoms with Crippen LogP contribution in [0.3, 0.4) is 0 Å². The number of carbonyl (C=O) groups excluding carboxylic acids is 1. The Morgan fingerprint density at radius 2 is 2.14 bits per heavy atom. The number of rotatable bonds is 3. The SMILES string of the molecule is Cn1ccc(NC(=O)c2cccc(N3CCCS3(=O)=O)c2)n1. The topological polar surface area (TPSA) is 84.3 Å². The quantitative estimate of drug-likeness (QED) is 0.921. The number of nitrogens with zero attached hydrogens (tertiary/aromatic N) is 3. The summed E-state index contributed by atoms with van der Waals surface area (Å²) < 4.78 is 26.8. The monoisotopic (exact) mass is 320 g/mol. The van der Waals surface area contributed by atoms with Crippen LogP contribution < -0.4 is 9.62 Å². The maximum absolute atomic E-state index is 12.2. The van der Waals surface area contributed by atoms with Crippen molar-refractivity contribution in [3.8, 4) is 0 Å². The molecule has 0 spiro atoms. The van der Waals surface area contributed by atoms with Crippen molar-refractivity contribution in [1.82, 2.24) is 9.78 Å². The molecule has 1 aromatic carbocycles. The minimum atomic E-state index is -3.25. The number of aryl methyl sites for hydroxylation is 1. The molecule has 2 heterocycles. The van der Waals surface area contributed by atoms with Crippen LogP contribution >= 0.6 is 0 Å². The second-order valence-electron chi connectivity index (χ2n) is 5.12. The van der Waals surface area contributed by atoms with Gasteiger partial charge in [0.1, 0.15) is 0 Å². The van der Waals surface area contributed by atoms with Crippen LogP contribution in [0.15, 0.2) is 36.5 Å². The first kappa shape index (κ1) is 14.6. The zero-order valence-electron chi connectivity index (χ0n) is 12.1. The molecule has 3 rings (SSSR count). The highest BCUT2D eigenvalue weighted by Crippen LogP contribution is 2.25. The van der Waals surface area contributed by atoms with Gasteiger partial charge in [-0.2, -0.15) is 5.10 Å². The molecule has 0 aliphatic carbocycles. The van der Waals surface area contributed by atoms with Gasteiger partial charge < -0.3 is 5.32 Å². The van der Waals surface area contributed by atoms with Gasteiger partial charge >= 0.3 is 0 Å². The molecule has 1 fully saturated rings. The van der Waals surface area contributed by atoms with E-state index in [1.807, 2.05) is 0 Å². The van der Waals surface area contributed by atoms with E-state index in [9.17, 15) is 13.2 Å². The predicted molar refractivity (Wildman–Crippen MR) is 83.4 cm³/mol. The summed E-state index contributed by atoms with van der Waals surface area (Å²) in [4.78, 5) is 12.2. The van der Waals surface area contributed by atoms with Crippen molar-refractivity contribution in [2.75, 3.05) is 21.9 Å². The van der Waals surface area contributed by atoms with Crippen LogP contribution in [-0.2, 0) is 17.1 Å². The van der Waals surface area contributed by atoms with E-state index in [0.29, 0.717) is 30.0 Å². The van der Waals surface area contributed by atoms with E-state index >= 15 is 0 Å². The van der Waals surface area contributed by atoms with Crippen LogP contribution in [0.1, 0.15) is 16.8 Å². The van der Waals surface area contributed by atoms with Gasteiger partial charge in [-0.3, -0.25) is 13.8 Å². The zero-order chi connectivity index (χ0) is 15.7. The Kier molecular flexibility index (Phi) is 3.61. The summed E-state index contributed by atoms with van der Waals surface area (Å²) in [7, 11) is -1.49. The molecule has 2 aromatic rings. The summed E-state index contributed by atoms with van der Waals surface area (Å²) in [5.74, 6) is 0.279. The van der Waals surface area contributed by atoms with Crippen LogP contribution in [-0.4, -0.2) is 36.4 Å². The first-order chi connectivity index (χ1) is 10.5. The molecule has 1 aromatic heterocycles. The molecule has 22 heavy (non-hydrogen) atoms. The van der Waals surface area contributed by atoms with Gasteiger partial charge in [-0.15, -0.1) is 0 Å². The lowest BCUT2D eigenvalue weighted by Crippen LogP contribution is -2.25. The maximum atomic E-state index is 12.2. The Bertz CT molecular complexity index is 813. The standard InChI is InChI=1S/C14H16N4O3S/c1-17-8-6-13(16-17)15-14(19)11-4-2-5-12(10-11)18-7-3-9-22(18,20)21/h2,4-6,8,10H,3,7,9H2,1H3,(H,15,16,19). The lowest BCUT2D eigenvalue weighted by molar-refractivity contribution is 0.102. The number of amides is 1. The molecule has 0 atom stereocenters. The van der Waals surface area contributed by atoms with Crippen molar-refractivity contribution in [2.45, 2.75) is 6.42 Å². The summed E-state index contributed by atoms with van der Waals surface area (Å²) >= 11 is 0. The summed E-state index contributed by atoms with van der Waals surface area (Å²) in [6, 6.07) is 8.29. The highest BCUT2D eigenvalue weighted by molar-refractivity contribution is 7.93. The summed E-state index contributed by atoms with van der Waals surface area (Å²) in [5, 5.41) is 6.76. The van der Waals surface area contributed by atoms with E-state index in [1.54, 1.807) is 48.3 Å². The third-order valence-electron chi connectivity index (χ3n) is 3.45. The third kappa shape index (κ3) is 2.82. The van der Waals surface area contributed by atoms with Crippen LogP contribution in [0.4, 0.5) is 11.5 Å². The van der Waals surface area contributed by atoms with Crippen molar-refractivity contribution in [3.05, 3.63) is 42.1 Å². The number of anilines is 2. The summed E-state index contributed by atoms with van der Waals surface area (Å²) in [6.45, 7) is 0.452. The molecular weight excluding hydrogens is 304 g/mol. The molecule has 1 aliphatic rings. The Balaban J connectivity index is 1.83. The Labute approximate surface area is 128 Å².